The Balaban J connectivity index is 3.01. The van der Waals surface area contributed by atoms with Crippen LogP contribution in [0, 0.1) is 5.82 Å². The van der Waals surface area contributed by atoms with Gasteiger partial charge in [0.15, 0.2) is 7.28 Å². The van der Waals surface area contributed by atoms with Crippen LogP contribution in [0.2, 0.25) is 6.82 Å². The first-order valence-corrected chi connectivity index (χ1v) is 3.08. The van der Waals surface area contributed by atoms with Crippen molar-refractivity contribution in [2.24, 2.45) is 0 Å². The van der Waals surface area contributed by atoms with Gasteiger partial charge in [-0.25, -0.2) is 4.39 Å². The van der Waals surface area contributed by atoms with Crippen LogP contribution in [0.15, 0.2) is 24.3 Å². The van der Waals surface area contributed by atoms with Crippen molar-refractivity contribution in [1.29, 1.82) is 0 Å². The van der Waals surface area contributed by atoms with Crippen LogP contribution in [0.25, 0.3) is 0 Å². The van der Waals surface area contributed by atoms with E-state index in [0.717, 1.165) is 12.7 Å². The number of rotatable bonds is 1. The van der Waals surface area contributed by atoms with Gasteiger partial charge in [-0.1, -0.05) is 25.0 Å². The summed E-state index contributed by atoms with van der Waals surface area (Å²) in [5, 5.41) is 0. The molecular weight excluding hydrogens is 114 g/mol. The van der Waals surface area contributed by atoms with Gasteiger partial charge in [-0.05, 0) is 11.5 Å². The van der Waals surface area contributed by atoms with Crippen LogP contribution in [0.3, 0.4) is 0 Å². The molecule has 1 aromatic carbocycles. The fourth-order valence-electron chi connectivity index (χ4n) is 0.785. The van der Waals surface area contributed by atoms with Gasteiger partial charge in [-0.2, -0.15) is 0 Å². The van der Waals surface area contributed by atoms with Gasteiger partial charge in [-0.15, -0.1) is 0 Å². The smallest absolute Gasteiger partial charge is 0.158 e. The lowest BCUT2D eigenvalue weighted by atomic mass is 9.73. The average molecular weight is 122 g/mol. The molecule has 0 aliphatic carbocycles. The van der Waals surface area contributed by atoms with Gasteiger partial charge in [0.25, 0.3) is 0 Å². The maximum Gasteiger partial charge on any atom is 0.158 e. The van der Waals surface area contributed by atoms with E-state index >= 15 is 0 Å². The number of halogens is 1. The van der Waals surface area contributed by atoms with Crippen molar-refractivity contribution in [3.05, 3.63) is 30.1 Å². The monoisotopic (exact) mass is 122 g/mol. The van der Waals surface area contributed by atoms with E-state index in [4.69, 9.17) is 0 Å². The molecule has 0 amide bonds. The van der Waals surface area contributed by atoms with Crippen LogP contribution in [-0.2, 0) is 0 Å². The lowest BCUT2D eigenvalue weighted by molar-refractivity contribution is 0.636. The molecule has 0 saturated carbocycles. The van der Waals surface area contributed by atoms with E-state index < -0.39 is 0 Å². The topological polar surface area (TPSA) is 0 Å². The van der Waals surface area contributed by atoms with Crippen LogP contribution in [0.1, 0.15) is 0 Å². The molecule has 46 valence electrons. The van der Waals surface area contributed by atoms with E-state index in [1.54, 1.807) is 12.1 Å². The molecule has 0 heterocycles. The highest BCUT2D eigenvalue weighted by molar-refractivity contribution is 6.51. The van der Waals surface area contributed by atoms with Gasteiger partial charge in [0, 0.05) is 0 Å². The summed E-state index contributed by atoms with van der Waals surface area (Å²) in [4.78, 5) is 0. The molecule has 0 N–H and O–H groups in total. The maximum atomic E-state index is 12.6. The molecule has 0 saturated heterocycles. The second-order valence-corrected chi connectivity index (χ2v) is 1.94. The highest BCUT2D eigenvalue weighted by Crippen LogP contribution is 1.90. The summed E-state index contributed by atoms with van der Waals surface area (Å²) in [5.41, 5.74) is 0.789. The van der Waals surface area contributed by atoms with E-state index in [9.17, 15) is 4.39 Å². The second kappa shape index (κ2) is 2.67. The van der Waals surface area contributed by atoms with Gasteiger partial charge < -0.3 is 0 Å². The highest BCUT2D eigenvalue weighted by atomic mass is 19.1. The number of hydrogen-bond donors (Lipinski definition) is 0. The second-order valence-electron chi connectivity index (χ2n) is 1.94. The normalized spacial score (nSPS) is 9.11. The van der Waals surface area contributed by atoms with Crippen molar-refractivity contribution < 1.29 is 4.39 Å². The molecule has 0 fully saturated rings. The predicted molar refractivity (Wildman–Crippen MR) is 39.0 cm³/mol. The zero-order valence-electron chi connectivity index (χ0n) is 5.39. The first-order chi connectivity index (χ1) is 4.34. The minimum atomic E-state index is -0.0972. The lowest BCUT2D eigenvalue weighted by Gasteiger charge is -1.93. The van der Waals surface area contributed by atoms with E-state index in [2.05, 4.69) is 0 Å². The Bertz CT molecular complexity index is 198. The molecule has 0 bridgehead atoms. The van der Waals surface area contributed by atoms with Gasteiger partial charge in [-0.3, -0.25) is 0 Å². The van der Waals surface area contributed by atoms with Crippen molar-refractivity contribution >= 4 is 12.7 Å². The van der Waals surface area contributed by atoms with Crippen LogP contribution < -0.4 is 5.46 Å². The third kappa shape index (κ3) is 1.32. The Hall–Kier alpha value is -0.785. The minimum Gasteiger partial charge on any atom is -0.208 e. The molecule has 0 aliphatic heterocycles. The van der Waals surface area contributed by atoms with E-state index in [0.29, 0.717) is 0 Å². The summed E-state index contributed by atoms with van der Waals surface area (Å²) in [7, 11) is 0.771. The largest absolute Gasteiger partial charge is 0.208 e. The molecule has 0 radical (unpaired) electrons. The molecule has 0 aliphatic rings. The molecule has 9 heavy (non-hydrogen) atoms. The summed E-state index contributed by atoms with van der Waals surface area (Å²) < 4.78 is 12.6. The Morgan fingerprint density at radius 1 is 1.33 bits per heavy atom. The third-order valence-corrected chi connectivity index (χ3v) is 1.34. The zero-order chi connectivity index (χ0) is 6.69. The molecule has 2 heteroatoms. The molecule has 0 nitrogen and oxygen atoms in total. The van der Waals surface area contributed by atoms with E-state index in [1.807, 2.05) is 12.9 Å². The fraction of sp³-hybridized carbons (Fsp3) is 0.143. The summed E-state index contributed by atoms with van der Waals surface area (Å²) in [6.45, 7) is 1.94. The minimum absolute atomic E-state index is 0.0972. The molecule has 0 unspecified atom stereocenters. The Morgan fingerprint density at radius 3 is 2.44 bits per heavy atom. The first-order valence-electron chi connectivity index (χ1n) is 3.08. The summed E-state index contributed by atoms with van der Waals surface area (Å²) in [6.07, 6.45) is 0. The fourth-order valence-corrected chi connectivity index (χ4v) is 0.785. The molecule has 1 aromatic rings. The van der Waals surface area contributed by atoms with Gasteiger partial charge >= 0.3 is 0 Å². The molecule has 0 aromatic heterocycles. The summed E-state index contributed by atoms with van der Waals surface area (Å²) >= 11 is 0. The number of hydrogen-bond acceptors (Lipinski definition) is 0. The number of benzene rings is 1. The molecule has 1 rings (SSSR count). The van der Waals surface area contributed by atoms with Crippen molar-refractivity contribution in [1.82, 2.24) is 0 Å². The quantitative estimate of drug-likeness (QED) is 0.486. The van der Waals surface area contributed by atoms with E-state index in [1.165, 1.54) is 6.07 Å². The highest BCUT2D eigenvalue weighted by Gasteiger charge is 1.95. The Kier molecular flexibility index (Phi) is 1.88. The third-order valence-electron chi connectivity index (χ3n) is 1.34. The van der Waals surface area contributed by atoms with Gasteiger partial charge in [0.05, 0.1) is 0 Å². The summed E-state index contributed by atoms with van der Waals surface area (Å²) in [6, 6.07) is 6.84. The van der Waals surface area contributed by atoms with Crippen LogP contribution in [0.5, 0.6) is 0 Å². The standard InChI is InChI=1S/C7H8BF/c1-8-6-4-2-3-5-7(6)9/h2-5,8H,1H3. The van der Waals surface area contributed by atoms with Gasteiger partial charge in [0.1, 0.15) is 5.82 Å². The van der Waals surface area contributed by atoms with Crippen LogP contribution in [-0.4, -0.2) is 7.28 Å². The van der Waals surface area contributed by atoms with Crippen LogP contribution >= 0.6 is 0 Å². The van der Waals surface area contributed by atoms with Crippen molar-refractivity contribution in [2.45, 2.75) is 6.82 Å². The van der Waals surface area contributed by atoms with Crippen molar-refractivity contribution in [3.8, 4) is 0 Å². The molecule has 0 spiro atoms. The predicted octanol–water partition coefficient (Wildman–Crippen LogP) is 0.936. The molecule has 0 atom stereocenters. The first kappa shape index (κ1) is 6.34. The van der Waals surface area contributed by atoms with Crippen molar-refractivity contribution in [2.75, 3.05) is 0 Å². The van der Waals surface area contributed by atoms with Crippen LogP contribution in [0.4, 0.5) is 4.39 Å². The Labute approximate surface area is 54.9 Å². The van der Waals surface area contributed by atoms with Crippen molar-refractivity contribution in [3.63, 3.8) is 0 Å². The lowest BCUT2D eigenvalue weighted by Crippen LogP contribution is -2.14. The maximum absolute atomic E-state index is 12.6. The van der Waals surface area contributed by atoms with Gasteiger partial charge in [0.2, 0.25) is 0 Å². The Morgan fingerprint density at radius 2 is 2.00 bits per heavy atom. The average Bonchev–Trinajstić information content (AvgIpc) is 1.89. The molecular formula is C7H8BF. The summed E-state index contributed by atoms with van der Waals surface area (Å²) in [5.74, 6) is -0.0972. The SMILES string of the molecule is CBc1ccccc1F. The zero-order valence-corrected chi connectivity index (χ0v) is 5.39. The van der Waals surface area contributed by atoms with E-state index in [-0.39, 0.29) is 5.82 Å².